The van der Waals surface area contributed by atoms with Crippen LogP contribution in [-0.4, -0.2) is 27.9 Å². The highest BCUT2D eigenvalue weighted by Crippen LogP contribution is 2.41. The van der Waals surface area contributed by atoms with Gasteiger partial charge in [0.15, 0.2) is 5.78 Å². The second-order valence-corrected chi connectivity index (χ2v) is 9.65. The molecule has 0 aliphatic heterocycles. The van der Waals surface area contributed by atoms with Gasteiger partial charge in [0.2, 0.25) is 0 Å². The van der Waals surface area contributed by atoms with Gasteiger partial charge in [0.25, 0.3) is 5.56 Å². The van der Waals surface area contributed by atoms with Gasteiger partial charge < -0.3 is 4.74 Å². The summed E-state index contributed by atoms with van der Waals surface area (Å²) in [6.45, 7) is 7.96. The van der Waals surface area contributed by atoms with E-state index < -0.39 is 5.92 Å². The van der Waals surface area contributed by atoms with Crippen LogP contribution in [0.2, 0.25) is 0 Å². The molecule has 0 saturated heterocycles. The maximum atomic E-state index is 13.5. The van der Waals surface area contributed by atoms with E-state index in [1.165, 1.54) is 15.9 Å². The molecule has 1 atom stereocenters. The largest absolute Gasteiger partial charge is 0.466 e. The van der Waals surface area contributed by atoms with Crippen molar-refractivity contribution in [1.29, 1.82) is 0 Å². The van der Waals surface area contributed by atoms with E-state index in [9.17, 15) is 14.4 Å². The molecule has 3 aromatic rings. The third-order valence-corrected chi connectivity index (χ3v) is 7.29. The molecule has 168 valence electrons. The lowest BCUT2D eigenvalue weighted by molar-refractivity contribution is -0.145. The number of esters is 1. The van der Waals surface area contributed by atoms with Gasteiger partial charge in [0.05, 0.1) is 24.5 Å². The maximum Gasteiger partial charge on any atom is 0.313 e. The number of benzene rings is 1. The van der Waals surface area contributed by atoms with Crippen molar-refractivity contribution in [2.24, 2.45) is 0 Å². The number of thiophene rings is 1. The quantitative estimate of drug-likeness (QED) is 0.398. The number of carbonyl (C=O) groups excluding carboxylic acids is 2. The number of aryl methyl sites for hydroxylation is 2. The summed E-state index contributed by atoms with van der Waals surface area (Å²) in [6.07, 6.45) is 2.36. The summed E-state index contributed by atoms with van der Waals surface area (Å²) in [4.78, 5) is 45.4. The highest BCUT2D eigenvalue weighted by atomic mass is 32.1. The normalized spacial score (nSPS) is 15.7. The Labute approximate surface area is 191 Å². The van der Waals surface area contributed by atoms with E-state index in [4.69, 9.17) is 4.74 Å². The summed E-state index contributed by atoms with van der Waals surface area (Å²) in [7, 11) is 0. The summed E-state index contributed by atoms with van der Waals surface area (Å²) in [5.74, 6) is 0.00439. The first-order valence-electron chi connectivity index (χ1n) is 11.1. The third-order valence-electron chi connectivity index (χ3n) is 6.13. The molecule has 0 radical (unpaired) electrons. The fourth-order valence-electron chi connectivity index (χ4n) is 4.37. The molecule has 2 aromatic heterocycles. The average molecular weight is 453 g/mol. The van der Waals surface area contributed by atoms with E-state index in [1.807, 2.05) is 24.3 Å². The minimum absolute atomic E-state index is 0.0800. The second kappa shape index (κ2) is 8.98. The molecule has 0 amide bonds. The SMILES string of the molecule is CCOC(=O)C1CCCc2sc3nc(C)n(CC(=O)c4ccc(C(C)C)cc4)c(=O)c3c21. The number of hydrogen-bond donors (Lipinski definition) is 0. The number of nitrogens with zero attached hydrogens (tertiary/aromatic N) is 2. The van der Waals surface area contributed by atoms with Crippen LogP contribution in [0.5, 0.6) is 0 Å². The Morgan fingerprint density at radius 2 is 1.97 bits per heavy atom. The van der Waals surface area contributed by atoms with Gasteiger partial charge in [-0.05, 0) is 50.2 Å². The molecule has 6 nitrogen and oxygen atoms in total. The van der Waals surface area contributed by atoms with Crippen LogP contribution >= 0.6 is 11.3 Å². The van der Waals surface area contributed by atoms with Crippen LogP contribution in [0.3, 0.4) is 0 Å². The van der Waals surface area contributed by atoms with Gasteiger partial charge in [-0.1, -0.05) is 38.1 Å². The molecular formula is C25H28N2O4S. The first-order chi connectivity index (χ1) is 15.3. The van der Waals surface area contributed by atoms with Crippen LogP contribution in [0.15, 0.2) is 29.1 Å². The lowest BCUT2D eigenvalue weighted by Crippen LogP contribution is -2.29. The second-order valence-electron chi connectivity index (χ2n) is 8.57. The molecular weight excluding hydrogens is 424 g/mol. The van der Waals surface area contributed by atoms with Crippen molar-refractivity contribution < 1.29 is 14.3 Å². The molecule has 0 fully saturated rings. The monoisotopic (exact) mass is 452 g/mol. The smallest absolute Gasteiger partial charge is 0.313 e. The Morgan fingerprint density at radius 1 is 1.25 bits per heavy atom. The lowest BCUT2D eigenvalue weighted by atomic mass is 9.86. The van der Waals surface area contributed by atoms with E-state index in [0.717, 1.165) is 28.8 Å². The summed E-state index contributed by atoms with van der Waals surface area (Å²) >= 11 is 1.48. The molecule has 2 heterocycles. The molecule has 1 aliphatic carbocycles. The van der Waals surface area contributed by atoms with Crippen molar-refractivity contribution in [2.45, 2.75) is 65.3 Å². The third kappa shape index (κ3) is 4.01. The number of aromatic nitrogens is 2. The predicted octanol–water partition coefficient (Wildman–Crippen LogP) is 4.76. The van der Waals surface area contributed by atoms with Crippen LogP contribution in [0.25, 0.3) is 10.2 Å². The number of fused-ring (bicyclic) bond motifs is 3. The first-order valence-corrected chi connectivity index (χ1v) is 12.0. The standard InChI is InChI=1S/C25H28N2O4S/c1-5-31-25(30)18-7-6-8-20-21(18)22-23(32-20)26-15(4)27(24(22)29)13-19(28)17-11-9-16(10-12-17)14(2)3/h9-12,14,18H,5-8,13H2,1-4H3. The fourth-order valence-corrected chi connectivity index (χ4v) is 5.68. The van der Waals surface area contributed by atoms with Crippen LogP contribution in [-0.2, 0) is 22.5 Å². The fraction of sp³-hybridized carbons (Fsp3) is 0.440. The van der Waals surface area contributed by atoms with Gasteiger partial charge in [0.1, 0.15) is 10.7 Å². The summed E-state index contributed by atoms with van der Waals surface area (Å²) < 4.78 is 6.72. The molecule has 0 N–H and O–H groups in total. The lowest BCUT2D eigenvalue weighted by Gasteiger charge is -2.21. The molecule has 1 aromatic carbocycles. The number of rotatable bonds is 6. The molecule has 1 unspecified atom stereocenters. The van der Waals surface area contributed by atoms with Crippen molar-refractivity contribution in [3.8, 4) is 0 Å². The highest BCUT2D eigenvalue weighted by Gasteiger charge is 2.33. The minimum Gasteiger partial charge on any atom is -0.466 e. The van der Waals surface area contributed by atoms with E-state index in [1.54, 1.807) is 13.8 Å². The maximum absolute atomic E-state index is 13.5. The molecule has 0 saturated carbocycles. The van der Waals surface area contributed by atoms with Gasteiger partial charge in [-0.25, -0.2) is 4.98 Å². The van der Waals surface area contributed by atoms with Gasteiger partial charge in [-0.2, -0.15) is 0 Å². The van der Waals surface area contributed by atoms with Crippen LogP contribution in [0.4, 0.5) is 0 Å². The molecule has 0 spiro atoms. The Balaban J connectivity index is 1.75. The van der Waals surface area contributed by atoms with E-state index in [-0.39, 0.29) is 23.9 Å². The van der Waals surface area contributed by atoms with Crippen LogP contribution in [0, 0.1) is 6.92 Å². The highest BCUT2D eigenvalue weighted by molar-refractivity contribution is 7.18. The number of carbonyl (C=O) groups is 2. The Bertz CT molecular complexity index is 1240. The van der Waals surface area contributed by atoms with Crippen LogP contribution in [0.1, 0.15) is 77.6 Å². The Morgan fingerprint density at radius 3 is 2.62 bits per heavy atom. The molecule has 0 bridgehead atoms. The van der Waals surface area contributed by atoms with E-state index in [0.29, 0.717) is 40.6 Å². The number of Topliss-reactive ketones (excluding diaryl/α,β-unsaturated/α-hetero) is 1. The number of ether oxygens (including phenoxy) is 1. The van der Waals surface area contributed by atoms with Gasteiger partial charge in [-0.15, -0.1) is 11.3 Å². The minimum atomic E-state index is -0.447. The zero-order chi connectivity index (χ0) is 23.0. The van der Waals surface area contributed by atoms with Crippen molar-refractivity contribution in [3.05, 3.63) is 62.0 Å². The first kappa shape index (κ1) is 22.4. The Hall–Kier alpha value is -2.80. The summed E-state index contributed by atoms with van der Waals surface area (Å²) in [5.41, 5.74) is 2.23. The van der Waals surface area contributed by atoms with Crippen molar-refractivity contribution in [1.82, 2.24) is 9.55 Å². The number of ketones is 1. The van der Waals surface area contributed by atoms with E-state index in [2.05, 4.69) is 18.8 Å². The van der Waals surface area contributed by atoms with E-state index >= 15 is 0 Å². The molecule has 4 rings (SSSR count). The Kier molecular flexibility index (Phi) is 6.29. The molecule has 32 heavy (non-hydrogen) atoms. The predicted molar refractivity (Wildman–Crippen MR) is 126 cm³/mol. The van der Waals surface area contributed by atoms with Crippen molar-refractivity contribution in [2.75, 3.05) is 6.61 Å². The van der Waals surface area contributed by atoms with Crippen LogP contribution < -0.4 is 5.56 Å². The van der Waals surface area contributed by atoms with Gasteiger partial charge in [0, 0.05) is 10.4 Å². The van der Waals surface area contributed by atoms with Gasteiger partial charge in [-0.3, -0.25) is 19.0 Å². The average Bonchev–Trinajstić information content (AvgIpc) is 3.14. The van der Waals surface area contributed by atoms with Gasteiger partial charge >= 0.3 is 5.97 Å². The zero-order valence-electron chi connectivity index (χ0n) is 18.9. The zero-order valence-corrected chi connectivity index (χ0v) is 19.8. The molecule has 7 heteroatoms. The number of hydrogen-bond acceptors (Lipinski definition) is 6. The summed E-state index contributed by atoms with van der Waals surface area (Å²) in [5, 5.41) is 0.469. The topological polar surface area (TPSA) is 78.3 Å². The van der Waals surface area contributed by atoms with Crippen molar-refractivity contribution >= 4 is 33.3 Å². The van der Waals surface area contributed by atoms with Crippen molar-refractivity contribution in [3.63, 3.8) is 0 Å². The molecule has 1 aliphatic rings. The summed E-state index contributed by atoms with van der Waals surface area (Å²) in [6, 6.07) is 7.53.